The van der Waals surface area contributed by atoms with Gasteiger partial charge in [0.25, 0.3) is 0 Å². The Balaban J connectivity index is 4.35. The Bertz CT molecular complexity index is 171. The highest BCUT2D eigenvalue weighted by molar-refractivity contribution is 5.76. The van der Waals surface area contributed by atoms with Gasteiger partial charge in [0.2, 0.25) is 0 Å². The molecule has 0 aromatic carbocycles. The van der Waals surface area contributed by atoms with Crippen LogP contribution in [0.1, 0.15) is 48.0 Å². The van der Waals surface area contributed by atoms with Crippen molar-refractivity contribution in [1.29, 1.82) is 5.41 Å². The smallest absolute Gasteiger partial charge is 0.0928 e. The van der Waals surface area contributed by atoms with Crippen molar-refractivity contribution >= 4 is 5.84 Å². The largest absolute Gasteiger partial charge is 0.358 e. The molecule has 0 amide bonds. The van der Waals surface area contributed by atoms with Crippen LogP contribution in [0.5, 0.6) is 0 Å². The van der Waals surface area contributed by atoms with Crippen molar-refractivity contribution in [3.8, 4) is 0 Å². The minimum atomic E-state index is 0.312. The summed E-state index contributed by atoms with van der Waals surface area (Å²) in [7, 11) is 0. The second kappa shape index (κ2) is 4.64. The SMILES string of the molecule is CCC(C)(C)CN(C(C)=N)C(C)C. The Morgan fingerprint density at radius 1 is 1.38 bits per heavy atom. The van der Waals surface area contributed by atoms with Crippen molar-refractivity contribution in [3.05, 3.63) is 0 Å². The molecule has 1 N–H and O–H groups in total. The van der Waals surface area contributed by atoms with E-state index >= 15 is 0 Å². The van der Waals surface area contributed by atoms with E-state index in [-0.39, 0.29) is 0 Å². The lowest BCUT2D eigenvalue weighted by Gasteiger charge is -2.35. The summed E-state index contributed by atoms with van der Waals surface area (Å²) in [6.45, 7) is 13.9. The Kier molecular flexibility index (Phi) is 4.45. The summed E-state index contributed by atoms with van der Waals surface area (Å²) in [6, 6.07) is 0.434. The van der Waals surface area contributed by atoms with Crippen molar-refractivity contribution in [2.75, 3.05) is 6.54 Å². The van der Waals surface area contributed by atoms with Crippen LogP contribution in [-0.2, 0) is 0 Å². The molecule has 2 nitrogen and oxygen atoms in total. The normalized spacial score (nSPS) is 11.9. The Hall–Kier alpha value is -0.530. The molecule has 0 saturated carbocycles. The molecular weight excluding hydrogens is 160 g/mol. The van der Waals surface area contributed by atoms with Crippen LogP contribution in [0.3, 0.4) is 0 Å². The number of nitrogens with zero attached hydrogens (tertiary/aromatic N) is 1. The molecule has 0 bridgehead atoms. The highest BCUT2D eigenvalue weighted by Gasteiger charge is 2.21. The van der Waals surface area contributed by atoms with Gasteiger partial charge in [0.1, 0.15) is 0 Å². The fourth-order valence-electron chi connectivity index (χ4n) is 1.26. The highest BCUT2D eigenvalue weighted by Crippen LogP contribution is 2.22. The first-order chi connectivity index (χ1) is 5.80. The van der Waals surface area contributed by atoms with E-state index in [2.05, 4.69) is 39.5 Å². The van der Waals surface area contributed by atoms with Gasteiger partial charge in [0.15, 0.2) is 0 Å². The first-order valence-corrected chi connectivity index (χ1v) is 5.12. The second-order valence-corrected chi connectivity index (χ2v) is 4.82. The van der Waals surface area contributed by atoms with Crippen LogP contribution in [0.4, 0.5) is 0 Å². The summed E-state index contributed by atoms with van der Waals surface area (Å²) in [6.07, 6.45) is 1.16. The minimum Gasteiger partial charge on any atom is -0.358 e. The van der Waals surface area contributed by atoms with Crippen molar-refractivity contribution in [2.24, 2.45) is 5.41 Å². The van der Waals surface area contributed by atoms with Gasteiger partial charge in [-0.05, 0) is 32.6 Å². The molecule has 0 aromatic rings. The molecule has 0 heterocycles. The maximum atomic E-state index is 7.66. The summed E-state index contributed by atoms with van der Waals surface area (Å²) < 4.78 is 0. The molecular formula is C11H24N2. The molecule has 0 aliphatic heterocycles. The van der Waals surface area contributed by atoms with E-state index in [9.17, 15) is 0 Å². The van der Waals surface area contributed by atoms with Crippen molar-refractivity contribution < 1.29 is 0 Å². The van der Waals surface area contributed by atoms with Gasteiger partial charge >= 0.3 is 0 Å². The van der Waals surface area contributed by atoms with Gasteiger partial charge in [0, 0.05) is 12.6 Å². The van der Waals surface area contributed by atoms with Gasteiger partial charge in [-0.3, -0.25) is 5.41 Å². The first-order valence-electron chi connectivity index (χ1n) is 5.12. The van der Waals surface area contributed by atoms with Crippen LogP contribution in [0, 0.1) is 10.8 Å². The fraction of sp³-hybridized carbons (Fsp3) is 0.909. The van der Waals surface area contributed by atoms with Crippen LogP contribution in [-0.4, -0.2) is 23.3 Å². The highest BCUT2D eigenvalue weighted by atomic mass is 15.2. The first kappa shape index (κ1) is 12.5. The zero-order valence-electron chi connectivity index (χ0n) is 9.94. The van der Waals surface area contributed by atoms with E-state index in [0.717, 1.165) is 13.0 Å². The number of amidine groups is 1. The van der Waals surface area contributed by atoms with Crippen molar-refractivity contribution in [3.63, 3.8) is 0 Å². The Morgan fingerprint density at radius 2 is 1.85 bits per heavy atom. The lowest BCUT2D eigenvalue weighted by atomic mass is 9.89. The lowest BCUT2D eigenvalue weighted by Crippen LogP contribution is -2.41. The van der Waals surface area contributed by atoms with Gasteiger partial charge in [-0.15, -0.1) is 0 Å². The summed E-state index contributed by atoms with van der Waals surface area (Å²) in [5, 5.41) is 7.66. The number of hydrogen-bond donors (Lipinski definition) is 1. The van der Waals surface area contributed by atoms with Gasteiger partial charge in [0.05, 0.1) is 5.84 Å². The monoisotopic (exact) mass is 184 g/mol. The van der Waals surface area contributed by atoms with E-state index in [1.165, 1.54) is 0 Å². The van der Waals surface area contributed by atoms with Crippen LogP contribution in [0.25, 0.3) is 0 Å². The topological polar surface area (TPSA) is 27.1 Å². The molecule has 0 radical (unpaired) electrons. The lowest BCUT2D eigenvalue weighted by molar-refractivity contribution is 0.215. The molecule has 0 atom stereocenters. The van der Waals surface area contributed by atoms with Gasteiger partial charge in [-0.2, -0.15) is 0 Å². The molecule has 78 valence electrons. The molecule has 0 aromatic heterocycles. The summed E-state index contributed by atoms with van der Waals surface area (Å²) in [5.74, 6) is 0.677. The van der Waals surface area contributed by atoms with Crippen LogP contribution in [0.15, 0.2) is 0 Å². The van der Waals surface area contributed by atoms with E-state index in [1.807, 2.05) is 6.92 Å². The van der Waals surface area contributed by atoms with E-state index in [0.29, 0.717) is 17.3 Å². The molecule has 2 heteroatoms. The van der Waals surface area contributed by atoms with Crippen LogP contribution >= 0.6 is 0 Å². The third kappa shape index (κ3) is 4.30. The zero-order valence-corrected chi connectivity index (χ0v) is 9.94. The average Bonchev–Trinajstić information content (AvgIpc) is 1.99. The summed E-state index contributed by atoms with van der Waals surface area (Å²) >= 11 is 0. The maximum absolute atomic E-state index is 7.66. The van der Waals surface area contributed by atoms with E-state index < -0.39 is 0 Å². The van der Waals surface area contributed by atoms with Crippen LogP contribution in [0.2, 0.25) is 0 Å². The van der Waals surface area contributed by atoms with Gasteiger partial charge in [-0.1, -0.05) is 20.8 Å². The number of nitrogens with one attached hydrogen (secondary N) is 1. The molecule has 0 unspecified atom stereocenters. The average molecular weight is 184 g/mol. The van der Waals surface area contributed by atoms with E-state index in [4.69, 9.17) is 5.41 Å². The van der Waals surface area contributed by atoms with Gasteiger partial charge < -0.3 is 4.90 Å². The molecule has 0 saturated heterocycles. The van der Waals surface area contributed by atoms with E-state index in [1.54, 1.807) is 0 Å². The molecule has 0 rings (SSSR count). The predicted octanol–water partition coefficient (Wildman–Crippen LogP) is 3.13. The summed E-state index contributed by atoms with van der Waals surface area (Å²) in [4.78, 5) is 2.16. The molecule has 0 aliphatic rings. The third-order valence-electron chi connectivity index (χ3n) is 2.61. The number of hydrogen-bond acceptors (Lipinski definition) is 1. The summed E-state index contributed by atoms with van der Waals surface area (Å²) in [5.41, 5.74) is 0.312. The predicted molar refractivity (Wildman–Crippen MR) is 59.3 cm³/mol. The number of rotatable bonds is 4. The van der Waals surface area contributed by atoms with Crippen molar-refractivity contribution in [1.82, 2.24) is 4.90 Å². The fourth-order valence-corrected chi connectivity index (χ4v) is 1.26. The quantitative estimate of drug-likeness (QED) is 0.527. The molecule has 0 fully saturated rings. The Labute approximate surface area is 82.8 Å². The standard InChI is InChI=1S/C11H24N2/c1-7-11(5,6)8-13(9(2)3)10(4)12/h9,12H,7-8H2,1-6H3. The molecule has 0 spiro atoms. The molecule has 13 heavy (non-hydrogen) atoms. The zero-order chi connectivity index (χ0) is 10.6. The molecule has 0 aliphatic carbocycles. The second-order valence-electron chi connectivity index (χ2n) is 4.82. The maximum Gasteiger partial charge on any atom is 0.0928 e. The van der Waals surface area contributed by atoms with Crippen molar-refractivity contribution in [2.45, 2.75) is 54.0 Å². The van der Waals surface area contributed by atoms with Gasteiger partial charge in [-0.25, -0.2) is 0 Å². The minimum absolute atomic E-state index is 0.312. The van der Waals surface area contributed by atoms with Crippen LogP contribution < -0.4 is 0 Å². The third-order valence-corrected chi connectivity index (χ3v) is 2.61. The Morgan fingerprint density at radius 3 is 2.08 bits per heavy atom.